The van der Waals surface area contributed by atoms with E-state index in [4.69, 9.17) is 4.42 Å². The molecule has 0 saturated carbocycles. The van der Waals surface area contributed by atoms with Crippen molar-refractivity contribution in [3.8, 4) is 6.07 Å². The molecule has 1 aliphatic heterocycles. The Hall–Kier alpha value is -2.97. The predicted octanol–water partition coefficient (Wildman–Crippen LogP) is 4.70. The molecule has 2 heterocycles. The number of hydrogen-bond donors (Lipinski definition) is 1. The fourth-order valence-corrected chi connectivity index (χ4v) is 4.31. The summed E-state index contributed by atoms with van der Waals surface area (Å²) in [5, 5.41) is 15.5. The van der Waals surface area contributed by atoms with Gasteiger partial charge in [-0.05, 0) is 28.5 Å². The molecule has 1 aromatic heterocycles. The quantitative estimate of drug-likeness (QED) is 0.732. The Balaban J connectivity index is 1.65. The molecule has 0 unspecified atom stereocenters. The summed E-state index contributed by atoms with van der Waals surface area (Å²) in [5.41, 5.74) is 1.73. The zero-order valence-electron chi connectivity index (χ0n) is 13.9. The highest BCUT2D eigenvalue weighted by atomic mass is 32.2. The van der Waals surface area contributed by atoms with Crippen LogP contribution in [0.15, 0.2) is 75.9 Å². The lowest BCUT2D eigenvalue weighted by molar-refractivity contribution is -0.120. The minimum atomic E-state index is -0.321. The number of hydrogen-bond acceptors (Lipinski definition) is 4. The molecule has 1 amide bonds. The van der Waals surface area contributed by atoms with E-state index in [1.807, 2.05) is 24.3 Å². The van der Waals surface area contributed by atoms with Crippen LogP contribution in [0.25, 0.3) is 10.8 Å². The van der Waals surface area contributed by atoms with Gasteiger partial charge in [0.1, 0.15) is 5.76 Å². The van der Waals surface area contributed by atoms with Gasteiger partial charge in [-0.3, -0.25) is 4.79 Å². The second kappa shape index (κ2) is 7.11. The van der Waals surface area contributed by atoms with Crippen LogP contribution in [-0.4, -0.2) is 5.91 Å². The van der Waals surface area contributed by atoms with Crippen LogP contribution in [0.1, 0.15) is 23.7 Å². The fraction of sp³-hybridized carbons (Fsp3) is 0.143. The van der Waals surface area contributed by atoms with E-state index in [-0.39, 0.29) is 18.2 Å². The van der Waals surface area contributed by atoms with Gasteiger partial charge in [-0.25, -0.2) is 0 Å². The third kappa shape index (κ3) is 3.12. The highest BCUT2D eigenvalue weighted by molar-refractivity contribution is 8.02. The van der Waals surface area contributed by atoms with Crippen molar-refractivity contribution >= 4 is 28.4 Å². The van der Waals surface area contributed by atoms with E-state index in [9.17, 15) is 10.1 Å². The van der Waals surface area contributed by atoms with E-state index in [1.165, 1.54) is 28.1 Å². The summed E-state index contributed by atoms with van der Waals surface area (Å²) in [5.74, 6) is 0.914. The van der Waals surface area contributed by atoms with Crippen molar-refractivity contribution in [1.29, 1.82) is 5.26 Å². The van der Waals surface area contributed by atoms with Gasteiger partial charge in [0, 0.05) is 12.2 Å². The molecule has 0 fully saturated rings. The summed E-state index contributed by atoms with van der Waals surface area (Å²) < 4.78 is 5.45. The lowest BCUT2D eigenvalue weighted by Crippen LogP contribution is -2.30. The first kappa shape index (κ1) is 16.5. The van der Waals surface area contributed by atoms with Gasteiger partial charge in [0.25, 0.3) is 0 Å². The van der Waals surface area contributed by atoms with E-state index in [0.29, 0.717) is 22.1 Å². The van der Waals surface area contributed by atoms with Crippen LogP contribution in [-0.2, 0) is 10.5 Å². The normalized spacial score (nSPS) is 17.2. The first-order valence-electron chi connectivity index (χ1n) is 8.33. The van der Waals surface area contributed by atoms with Crippen molar-refractivity contribution in [2.24, 2.45) is 0 Å². The van der Waals surface area contributed by atoms with Crippen molar-refractivity contribution in [3.05, 3.63) is 82.8 Å². The molecular formula is C21H16N2O2S. The Morgan fingerprint density at radius 3 is 2.81 bits per heavy atom. The maximum absolute atomic E-state index is 12.2. The van der Waals surface area contributed by atoms with Gasteiger partial charge in [-0.1, -0.05) is 42.5 Å². The number of amides is 1. The van der Waals surface area contributed by atoms with Crippen LogP contribution in [0.3, 0.4) is 0 Å². The summed E-state index contributed by atoms with van der Waals surface area (Å²) in [6.07, 6.45) is 1.80. The second-order valence-corrected chi connectivity index (χ2v) is 7.09. The Labute approximate surface area is 155 Å². The number of allylic oxidation sites excluding steroid dienone is 1. The minimum Gasteiger partial charge on any atom is -0.469 e. The van der Waals surface area contributed by atoms with Crippen molar-refractivity contribution in [2.45, 2.75) is 18.1 Å². The summed E-state index contributed by atoms with van der Waals surface area (Å²) in [6.45, 7) is 0. The van der Waals surface area contributed by atoms with Gasteiger partial charge in [-0.2, -0.15) is 5.26 Å². The summed E-state index contributed by atoms with van der Waals surface area (Å²) in [4.78, 5) is 12.2. The Morgan fingerprint density at radius 1 is 1.15 bits per heavy atom. The Kier molecular flexibility index (Phi) is 4.51. The van der Waals surface area contributed by atoms with Crippen LogP contribution < -0.4 is 5.32 Å². The van der Waals surface area contributed by atoms with Crippen molar-refractivity contribution in [3.63, 3.8) is 0 Å². The molecule has 4 nitrogen and oxygen atoms in total. The van der Waals surface area contributed by atoms with Gasteiger partial charge in [0.2, 0.25) is 5.91 Å². The van der Waals surface area contributed by atoms with Crippen molar-refractivity contribution in [2.75, 3.05) is 0 Å². The SMILES string of the molecule is N#CC1=C(SCc2cccc3ccccc23)NC(=O)C[C@@H]1c1ccco1. The average Bonchev–Trinajstić information content (AvgIpc) is 3.20. The lowest BCUT2D eigenvalue weighted by Gasteiger charge is -2.23. The van der Waals surface area contributed by atoms with E-state index in [1.54, 1.807) is 12.3 Å². The molecule has 26 heavy (non-hydrogen) atoms. The highest BCUT2D eigenvalue weighted by Crippen LogP contribution is 2.37. The van der Waals surface area contributed by atoms with Crippen LogP contribution in [0.4, 0.5) is 0 Å². The number of rotatable bonds is 4. The zero-order chi connectivity index (χ0) is 17.9. The predicted molar refractivity (Wildman–Crippen MR) is 102 cm³/mol. The minimum absolute atomic E-state index is 0.0918. The first-order chi connectivity index (χ1) is 12.8. The number of carbonyl (C=O) groups is 1. The van der Waals surface area contributed by atoms with Crippen molar-refractivity contribution in [1.82, 2.24) is 5.32 Å². The Bertz CT molecular complexity index is 1030. The standard InChI is InChI=1S/C21H16N2O2S/c22-12-18-17(19-9-4-10-25-19)11-20(24)23-21(18)26-13-15-7-3-6-14-5-1-2-8-16(14)15/h1-10,17H,11,13H2,(H,23,24)/t17-/m0/s1. The first-order valence-corrected chi connectivity index (χ1v) is 9.32. The van der Waals surface area contributed by atoms with Crippen LogP contribution in [0.2, 0.25) is 0 Å². The molecule has 0 radical (unpaired) electrons. The molecule has 0 saturated heterocycles. The molecule has 2 aromatic carbocycles. The third-order valence-electron chi connectivity index (χ3n) is 4.49. The molecule has 4 rings (SSSR count). The van der Waals surface area contributed by atoms with Crippen LogP contribution >= 0.6 is 11.8 Å². The number of nitrogens with one attached hydrogen (secondary N) is 1. The molecule has 1 aliphatic rings. The molecule has 0 bridgehead atoms. The lowest BCUT2D eigenvalue weighted by atomic mass is 9.92. The second-order valence-electron chi connectivity index (χ2n) is 6.10. The molecule has 1 N–H and O–H groups in total. The largest absolute Gasteiger partial charge is 0.469 e. The molecule has 5 heteroatoms. The number of nitriles is 1. The molecule has 3 aromatic rings. The number of carbonyl (C=O) groups excluding carboxylic acids is 1. The van der Waals surface area contributed by atoms with E-state index < -0.39 is 0 Å². The maximum Gasteiger partial charge on any atom is 0.225 e. The van der Waals surface area contributed by atoms with E-state index >= 15 is 0 Å². The van der Waals surface area contributed by atoms with Gasteiger partial charge in [-0.15, -0.1) is 11.8 Å². The molecule has 0 aliphatic carbocycles. The average molecular weight is 360 g/mol. The smallest absolute Gasteiger partial charge is 0.225 e. The fourth-order valence-electron chi connectivity index (χ4n) is 3.23. The van der Waals surface area contributed by atoms with Gasteiger partial charge in [0.15, 0.2) is 0 Å². The molecule has 1 atom stereocenters. The number of thioether (sulfide) groups is 1. The van der Waals surface area contributed by atoms with Gasteiger partial charge < -0.3 is 9.73 Å². The number of benzene rings is 2. The monoisotopic (exact) mass is 360 g/mol. The third-order valence-corrected chi connectivity index (χ3v) is 5.56. The number of fused-ring (bicyclic) bond motifs is 1. The topological polar surface area (TPSA) is 66.0 Å². The zero-order valence-corrected chi connectivity index (χ0v) is 14.8. The molecule has 128 valence electrons. The summed E-state index contributed by atoms with van der Waals surface area (Å²) in [7, 11) is 0. The summed E-state index contributed by atoms with van der Waals surface area (Å²) >= 11 is 1.49. The van der Waals surface area contributed by atoms with E-state index in [0.717, 1.165) is 0 Å². The van der Waals surface area contributed by atoms with Gasteiger partial charge in [0.05, 0.1) is 28.9 Å². The number of furan rings is 1. The molecular weight excluding hydrogens is 344 g/mol. The summed E-state index contributed by atoms with van der Waals surface area (Å²) in [6, 6.07) is 20.3. The molecule has 0 spiro atoms. The van der Waals surface area contributed by atoms with Crippen LogP contribution in [0.5, 0.6) is 0 Å². The highest BCUT2D eigenvalue weighted by Gasteiger charge is 2.31. The van der Waals surface area contributed by atoms with E-state index in [2.05, 4.69) is 35.7 Å². The van der Waals surface area contributed by atoms with Gasteiger partial charge >= 0.3 is 0 Å². The maximum atomic E-state index is 12.2. The Morgan fingerprint density at radius 2 is 2.00 bits per heavy atom. The number of nitrogens with zero attached hydrogens (tertiary/aromatic N) is 1. The van der Waals surface area contributed by atoms with Crippen molar-refractivity contribution < 1.29 is 9.21 Å². The van der Waals surface area contributed by atoms with Crippen LogP contribution in [0, 0.1) is 11.3 Å².